The Morgan fingerprint density at radius 2 is 2.24 bits per heavy atom. The third kappa shape index (κ3) is 2.85. The maximum absolute atomic E-state index is 13.4. The first-order valence-electron chi connectivity index (χ1n) is 6.20. The van der Waals surface area contributed by atoms with E-state index in [9.17, 15) is 4.39 Å². The lowest BCUT2D eigenvalue weighted by Gasteiger charge is -2.22. The van der Waals surface area contributed by atoms with Crippen LogP contribution < -0.4 is 5.73 Å². The Bertz CT molecular complexity index is 405. The minimum Gasteiger partial charge on any atom is -0.330 e. The van der Waals surface area contributed by atoms with Gasteiger partial charge >= 0.3 is 0 Å². The first-order chi connectivity index (χ1) is 8.02. The summed E-state index contributed by atoms with van der Waals surface area (Å²) in [6.07, 6.45) is 1.14. The molecule has 17 heavy (non-hydrogen) atoms. The monoisotopic (exact) mass is 236 g/mol. The maximum Gasteiger partial charge on any atom is 0.126 e. The van der Waals surface area contributed by atoms with E-state index < -0.39 is 0 Å². The summed E-state index contributed by atoms with van der Waals surface area (Å²) >= 11 is 0. The van der Waals surface area contributed by atoms with E-state index in [4.69, 9.17) is 5.73 Å². The van der Waals surface area contributed by atoms with Crippen molar-refractivity contribution < 1.29 is 4.39 Å². The average Bonchev–Trinajstić information content (AvgIpc) is 2.67. The molecule has 1 aromatic carbocycles. The summed E-state index contributed by atoms with van der Waals surface area (Å²) in [7, 11) is 0. The van der Waals surface area contributed by atoms with Crippen molar-refractivity contribution in [1.82, 2.24) is 4.90 Å². The predicted molar refractivity (Wildman–Crippen MR) is 68.2 cm³/mol. The third-order valence-electron chi connectivity index (χ3n) is 3.77. The molecule has 1 saturated heterocycles. The Balaban J connectivity index is 2.00. The van der Waals surface area contributed by atoms with Gasteiger partial charge in [0.1, 0.15) is 5.82 Å². The van der Waals surface area contributed by atoms with Crippen LogP contribution in [0.2, 0.25) is 0 Å². The molecule has 2 rings (SSSR count). The van der Waals surface area contributed by atoms with Crippen molar-refractivity contribution in [3.05, 3.63) is 35.1 Å². The summed E-state index contributed by atoms with van der Waals surface area (Å²) < 4.78 is 13.4. The second kappa shape index (κ2) is 4.75. The number of likely N-dealkylation sites (tertiary alicyclic amines) is 1. The van der Waals surface area contributed by atoms with E-state index >= 15 is 0 Å². The fraction of sp³-hybridized carbons (Fsp3) is 0.571. The van der Waals surface area contributed by atoms with Gasteiger partial charge in [-0.2, -0.15) is 0 Å². The van der Waals surface area contributed by atoms with Gasteiger partial charge in [0.15, 0.2) is 0 Å². The van der Waals surface area contributed by atoms with Crippen molar-refractivity contribution >= 4 is 0 Å². The van der Waals surface area contributed by atoms with Crippen molar-refractivity contribution in [3.8, 4) is 0 Å². The van der Waals surface area contributed by atoms with Gasteiger partial charge in [0.2, 0.25) is 0 Å². The average molecular weight is 236 g/mol. The second-order valence-corrected chi connectivity index (χ2v) is 5.56. The molecule has 1 fully saturated rings. The van der Waals surface area contributed by atoms with E-state index in [0.29, 0.717) is 5.56 Å². The molecule has 1 atom stereocenters. The second-order valence-electron chi connectivity index (χ2n) is 5.56. The number of hydrogen-bond donors (Lipinski definition) is 1. The lowest BCUT2D eigenvalue weighted by molar-refractivity contribution is 0.274. The number of nitrogens with two attached hydrogens (primary N) is 1. The standard InChI is InChI=1S/C14H21FN2/c1-11-3-4-12(7-13(11)15)8-17-6-5-14(2,9-16)10-17/h3-4,7H,5-6,8-10,16H2,1-2H3. The molecule has 1 unspecified atom stereocenters. The number of rotatable bonds is 3. The Kier molecular flexibility index (Phi) is 3.50. The highest BCUT2D eigenvalue weighted by Gasteiger charge is 2.32. The van der Waals surface area contributed by atoms with Crippen molar-refractivity contribution in [1.29, 1.82) is 0 Å². The van der Waals surface area contributed by atoms with Crippen molar-refractivity contribution in [2.75, 3.05) is 19.6 Å². The van der Waals surface area contributed by atoms with Gasteiger partial charge in [-0.15, -0.1) is 0 Å². The Hall–Kier alpha value is -0.930. The zero-order valence-electron chi connectivity index (χ0n) is 10.7. The van der Waals surface area contributed by atoms with Gasteiger partial charge in [-0.3, -0.25) is 4.90 Å². The summed E-state index contributed by atoms with van der Waals surface area (Å²) in [4.78, 5) is 2.36. The van der Waals surface area contributed by atoms with Crippen molar-refractivity contribution in [2.45, 2.75) is 26.8 Å². The van der Waals surface area contributed by atoms with E-state index in [1.807, 2.05) is 12.1 Å². The third-order valence-corrected chi connectivity index (χ3v) is 3.77. The molecule has 0 spiro atoms. The molecular weight excluding hydrogens is 215 g/mol. The number of hydrogen-bond acceptors (Lipinski definition) is 2. The van der Waals surface area contributed by atoms with Crippen LogP contribution in [0.3, 0.4) is 0 Å². The van der Waals surface area contributed by atoms with Crippen LogP contribution in [0.4, 0.5) is 4.39 Å². The molecule has 94 valence electrons. The lowest BCUT2D eigenvalue weighted by Crippen LogP contribution is -2.31. The van der Waals surface area contributed by atoms with Crippen LogP contribution >= 0.6 is 0 Å². The molecule has 0 aliphatic carbocycles. The molecule has 2 N–H and O–H groups in total. The van der Waals surface area contributed by atoms with Gasteiger partial charge in [0, 0.05) is 13.1 Å². The van der Waals surface area contributed by atoms with Gasteiger partial charge in [-0.1, -0.05) is 19.1 Å². The molecular formula is C14H21FN2. The fourth-order valence-corrected chi connectivity index (χ4v) is 2.42. The van der Waals surface area contributed by atoms with E-state index in [0.717, 1.165) is 38.2 Å². The molecule has 0 saturated carbocycles. The van der Waals surface area contributed by atoms with E-state index in [-0.39, 0.29) is 11.2 Å². The van der Waals surface area contributed by atoms with Gasteiger partial charge in [-0.05, 0) is 49.0 Å². The summed E-state index contributed by atoms with van der Waals surface area (Å²) in [5.41, 5.74) is 7.78. The topological polar surface area (TPSA) is 29.3 Å². The summed E-state index contributed by atoms with van der Waals surface area (Å²) in [6, 6.07) is 5.51. The molecule has 0 aromatic heterocycles. The van der Waals surface area contributed by atoms with Crippen LogP contribution in [-0.4, -0.2) is 24.5 Å². The summed E-state index contributed by atoms with van der Waals surface area (Å²) in [5, 5.41) is 0. The summed E-state index contributed by atoms with van der Waals surface area (Å²) in [5.74, 6) is -0.108. The van der Waals surface area contributed by atoms with Crippen LogP contribution in [0, 0.1) is 18.2 Å². The molecule has 1 heterocycles. The predicted octanol–water partition coefficient (Wildman–Crippen LogP) is 2.30. The highest BCUT2D eigenvalue weighted by Crippen LogP contribution is 2.29. The highest BCUT2D eigenvalue weighted by atomic mass is 19.1. The molecule has 1 aliphatic heterocycles. The molecule has 3 heteroatoms. The first kappa shape index (κ1) is 12.5. The molecule has 0 radical (unpaired) electrons. The molecule has 0 bridgehead atoms. The van der Waals surface area contributed by atoms with Crippen LogP contribution in [0.1, 0.15) is 24.5 Å². The first-order valence-corrected chi connectivity index (χ1v) is 6.20. The number of aryl methyl sites for hydroxylation is 1. The molecule has 0 amide bonds. The zero-order chi connectivity index (χ0) is 12.5. The van der Waals surface area contributed by atoms with Crippen LogP contribution in [0.5, 0.6) is 0 Å². The Morgan fingerprint density at radius 3 is 2.82 bits per heavy atom. The SMILES string of the molecule is Cc1ccc(CN2CCC(C)(CN)C2)cc1F. The quantitative estimate of drug-likeness (QED) is 0.872. The van der Waals surface area contributed by atoms with E-state index in [1.54, 1.807) is 13.0 Å². The molecule has 1 aliphatic rings. The van der Waals surface area contributed by atoms with Gasteiger partial charge in [0.05, 0.1) is 0 Å². The molecule has 1 aromatic rings. The van der Waals surface area contributed by atoms with Crippen LogP contribution in [0.25, 0.3) is 0 Å². The van der Waals surface area contributed by atoms with Gasteiger partial charge in [-0.25, -0.2) is 4.39 Å². The van der Waals surface area contributed by atoms with Gasteiger partial charge < -0.3 is 5.73 Å². The van der Waals surface area contributed by atoms with Crippen molar-refractivity contribution in [2.24, 2.45) is 11.1 Å². The Morgan fingerprint density at radius 1 is 1.47 bits per heavy atom. The van der Waals surface area contributed by atoms with Crippen LogP contribution in [0.15, 0.2) is 18.2 Å². The summed E-state index contributed by atoms with van der Waals surface area (Å²) in [6.45, 7) is 7.64. The smallest absolute Gasteiger partial charge is 0.126 e. The fourth-order valence-electron chi connectivity index (χ4n) is 2.42. The molecule has 2 nitrogen and oxygen atoms in total. The lowest BCUT2D eigenvalue weighted by atomic mass is 9.90. The van der Waals surface area contributed by atoms with E-state index in [2.05, 4.69) is 11.8 Å². The normalized spacial score (nSPS) is 25.4. The minimum atomic E-state index is -0.108. The number of nitrogens with zero attached hydrogens (tertiary/aromatic N) is 1. The maximum atomic E-state index is 13.4. The highest BCUT2D eigenvalue weighted by molar-refractivity contribution is 5.23. The number of benzene rings is 1. The van der Waals surface area contributed by atoms with E-state index in [1.165, 1.54) is 0 Å². The number of halogens is 1. The largest absolute Gasteiger partial charge is 0.330 e. The zero-order valence-corrected chi connectivity index (χ0v) is 10.7. The Labute approximate surface area is 103 Å². The van der Waals surface area contributed by atoms with Crippen LogP contribution in [-0.2, 0) is 6.54 Å². The van der Waals surface area contributed by atoms with Crippen molar-refractivity contribution in [3.63, 3.8) is 0 Å². The minimum absolute atomic E-state index is 0.108. The van der Waals surface area contributed by atoms with Gasteiger partial charge in [0.25, 0.3) is 0 Å².